The van der Waals surface area contributed by atoms with E-state index in [1.807, 2.05) is 6.08 Å². The molecular formula is C59H109NO13. The molecule has 12 atom stereocenters. The number of hydrogen-bond acceptors (Lipinski definition) is 13. The zero-order chi connectivity index (χ0) is 53.2. The van der Waals surface area contributed by atoms with E-state index < -0.39 is 86.8 Å². The number of allylic oxidation sites excluding steroid dienone is 5. The first-order chi connectivity index (χ1) is 35.6. The van der Waals surface area contributed by atoms with Crippen LogP contribution in [-0.4, -0.2) is 140 Å². The van der Waals surface area contributed by atoms with E-state index in [0.717, 1.165) is 44.9 Å². The number of unbranched alkanes of at least 4 members (excludes halogenated alkanes) is 30. The summed E-state index contributed by atoms with van der Waals surface area (Å²) in [5, 5.41) is 86.7. The highest BCUT2D eigenvalue weighted by molar-refractivity contribution is 5.76. The van der Waals surface area contributed by atoms with Gasteiger partial charge in [-0.3, -0.25) is 4.79 Å². The predicted octanol–water partition coefficient (Wildman–Crippen LogP) is 9.83. The Balaban J connectivity index is 1.67. The van der Waals surface area contributed by atoms with Crippen LogP contribution in [-0.2, 0) is 23.7 Å². The van der Waals surface area contributed by atoms with Crippen LogP contribution in [0.2, 0.25) is 0 Å². The molecule has 0 aliphatic carbocycles. The van der Waals surface area contributed by atoms with Gasteiger partial charge in [0.2, 0.25) is 5.91 Å². The minimum absolute atomic E-state index is 0.258. The minimum Gasteiger partial charge on any atom is -0.394 e. The number of rotatable bonds is 47. The molecule has 0 aromatic heterocycles. The Morgan fingerprint density at radius 2 is 0.877 bits per heavy atom. The van der Waals surface area contributed by atoms with Crippen molar-refractivity contribution < 1.29 is 64.6 Å². The first-order valence-electron chi connectivity index (χ1n) is 29.7. The summed E-state index contributed by atoms with van der Waals surface area (Å²) in [6.07, 6.45) is 38.2. The van der Waals surface area contributed by atoms with Gasteiger partial charge in [-0.05, 0) is 44.9 Å². The van der Waals surface area contributed by atoms with Gasteiger partial charge < -0.3 is 65.1 Å². The van der Waals surface area contributed by atoms with Crippen LogP contribution < -0.4 is 5.32 Å². The molecule has 428 valence electrons. The summed E-state index contributed by atoms with van der Waals surface area (Å²) in [5.74, 6) is -0.258. The first kappa shape index (κ1) is 67.3. The van der Waals surface area contributed by atoms with Crippen molar-refractivity contribution in [1.82, 2.24) is 5.32 Å². The number of nitrogens with one attached hydrogen (secondary N) is 1. The zero-order valence-electron chi connectivity index (χ0n) is 45.9. The molecule has 2 saturated heterocycles. The van der Waals surface area contributed by atoms with Crippen LogP contribution in [0.3, 0.4) is 0 Å². The lowest BCUT2D eigenvalue weighted by atomic mass is 9.97. The van der Waals surface area contributed by atoms with E-state index in [2.05, 4.69) is 43.5 Å². The smallest absolute Gasteiger partial charge is 0.220 e. The highest BCUT2D eigenvalue weighted by atomic mass is 16.7. The number of aliphatic hydroxyl groups is 8. The van der Waals surface area contributed by atoms with E-state index >= 15 is 0 Å². The summed E-state index contributed by atoms with van der Waals surface area (Å²) in [6.45, 7) is 2.73. The fourth-order valence-corrected chi connectivity index (χ4v) is 9.74. The average molecular weight is 1040 g/mol. The molecule has 2 fully saturated rings. The van der Waals surface area contributed by atoms with Crippen molar-refractivity contribution in [3.8, 4) is 0 Å². The van der Waals surface area contributed by atoms with Gasteiger partial charge in [-0.1, -0.05) is 224 Å². The summed E-state index contributed by atoms with van der Waals surface area (Å²) in [6, 6.07) is -0.933. The fraction of sp³-hybridized carbons (Fsp3) is 0.881. The maximum Gasteiger partial charge on any atom is 0.220 e. The van der Waals surface area contributed by atoms with Crippen LogP contribution in [0, 0.1) is 0 Å². The van der Waals surface area contributed by atoms with Crippen molar-refractivity contribution in [1.29, 1.82) is 0 Å². The normalized spacial score (nSPS) is 25.6. The minimum atomic E-state index is -1.79. The standard InChI is InChI=1S/C59H109NO13/c1-3-5-7-9-11-13-14-15-16-17-18-19-20-21-22-23-24-25-26-27-28-29-30-31-32-33-34-35-36-38-40-42-48(63)47(60-51(64)43-41-39-37-12-10-8-6-4-2)46-70-58-56(69)54(67)57(50(45-62)72-58)73-59-55(68)53(66)52(65)49(44-61)71-59/h30-31,34-35,40,42,47-50,52-59,61-63,65-69H,3-29,32-33,36-39,41,43-46H2,1-2H3,(H,60,64)/b31-30+,35-34+,42-40+. The second-order valence-corrected chi connectivity index (χ2v) is 21.1. The first-order valence-corrected chi connectivity index (χ1v) is 29.7. The fourth-order valence-electron chi connectivity index (χ4n) is 9.74. The van der Waals surface area contributed by atoms with Gasteiger partial charge in [0, 0.05) is 6.42 Å². The van der Waals surface area contributed by atoms with Crippen molar-refractivity contribution >= 4 is 5.91 Å². The molecule has 14 nitrogen and oxygen atoms in total. The second kappa shape index (κ2) is 45.3. The molecule has 0 aromatic carbocycles. The highest BCUT2D eigenvalue weighted by Gasteiger charge is 2.51. The molecule has 0 bridgehead atoms. The van der Waals surface area contributed by atoms with Crippen LogP contribution in [0.1, 0.15) is 239 Å². The van der Waals surface area contributed by atoms with Gasteiger partial charge in [-0.25, -0.2) is 0 Å². The summed E-state index contributed by atoms with van der Waals surface area (Å²) in [5.41, 5.74) is 0. The van der Waals surface area contributed by atoms with Gasteiger partial charge in [-0.2, -0.15) is 0 Å². The van der Waals surface area contributed by atoms with E-state index in [4.69, 9.17) is 18.9 Å². The molecule has 2 heterocycles. The van der Waals surface area contributed by atoms with Crippen molar-refractivity contribution in [2.75, 3.05) is 19.8 Å². The summed E-state index contributed by atoms with van der Waals surface area (Å²) in [7, 11) is 0. The number of carbonyl (C=O) groups excluding carboxylic acids is 1. The second-order valence-electron chi connectivity index (χ2n) is 21.1. The van der Waals surface area contributed by atoms with Crippen molar-refractivity contribution in [2.45, 2.75) is 312 Å². The maximum absolute atomic E-state index is 13.1. The van der Waals surface area contributed by atoms with Crippen LogP contribution in [0.15, 0.2) is 36.5 Å². The Morgan fingerprint density at radius 3 is 1.34 bits per heavy atom. The van der Waals surface area contributed by atoms with Gasteiger partial charge in [0.15, 0.2) is 12.6 Å². The quantitative estimate of drug-likeness (QED) is 0.0205. The van der Waals surface area contributed by atoms with Crippen LogP contribution in [0.4, 0.5) is 0 Å². The molecule has 1 amide bonds. The van der Waals surface area contributed by atoms with Crippen molar-refractivity contribution in [2.24, 2.45) is 0 Å². The Kier molecular flexibility index (Phi) is 41.7. The third-order valence-electron chi connectivity index (χ3n) is 14.6. The van der Waals surface area contributed by atoms with Crippen molar-refractivity contribution in [3.05, 3.63) is 36.5 Å². The van der Waals surface area contributed by atoms with E-state index in [1.54, 1.807) is 6.08 Å². The van der Waals surface area contributed by atoms with E-state index in [1.165, 1.54) is 161 Å². The highest BCUT2D eigenvalue weighted by Crippen LogP contribution is 2.30. The predicted molar refractivity (Wildman–Crippen MR) is 291 cm³/mol. The maximum atomic E-state index is 13.1. The molecule has 0 aromatic rings. The van der Waals surface area contributed by atoms with Crippen LogP contribution in [0.25, 0.3) is 0 Å². The molecule has 73 heavy (non-hydrogen) atoms. The Labute approximate surface area is 442 Å². The average Bonchev–Trinajstić information content (AvgIpc) is 3.39. The summed E-state index contributed by atoms with van der Waals surface area (Å²) in [4.78, 5) is 13.1. The van der Waals surface area contributed by atoms with Gasteiger partial charge in [0.1, 0.15) is 48.8 Å². The lowest BCUT2D eigenvalue weighted by Crippen LogP contribution is -2.65. The van der Waals surface area contributed by atoms with E-state index in [0.29, 0.717) is 12.8 Å². The lowest BCUT2D eigenvalue weighted by Gasteiger charge is -2.46. The third kappa shape index (κ3) is 31.3. The summed E-state index contributed by atoms with van der Waals surface area (Å²) < 4.78 is 22.7. The van der Waals surface area contributed by atoms with Crippen LogP contribution in [0.5, 0.6) is 0 Å². The molecule has 9 N–H and O–H groups in total. The molecule has 0 radical (unpaired) electrons. The Hall–Kier alpha value is -1.79. The lowest BCUT2D eigenvalue weighted by molar-refractivity contribution is -0.359. The van der Waals surface area contributed by atoms with Gasteiger partial charge in [-0.15, -0.1) is 0 Å². The molecule has 2 aliphatic rings. The van der Waals surface area contributed by atoms with Gasteiger partial charge >= 0.3 is 0 Å². The zero-order valence-corrected chi connectivity index (χ0v) is 45.9. The number of amides is 1. The van der Waals surface area contributed by atoms with E-state index in [9.17, 15) is 45.6 Å². The molecule has 0 saturated carbocycles. The van der Waals surface area contributed by atoms with Gasteiger partial charge in [0.25, 0.3) is 0 Å². The van der Waals surface area contributed by atoms with Crippen LogP contribution >= 0.6 is 0 Å². The summed E-state index contributed by atoms with van der Waals surface area (Å²) >= 11 is 0. The molecule has 2 rings (SSSR count). The van der Waals surface area contributed by atoms with E-state index in [-0.39, 0.29) is 18.9 Å². The number of hydrogen-bond donors (Lipinski definition) is 9. The Bertz CT molecular complexity index is 1370. The number of carbonyl (C=O) groups is 1. The third-order valence-corrected chi connectivity index (χ3v) is 14.6. The molecule has 12 unspecified atom stereocenters. The monoisotopic (exact) mass is 1040 g/mol. The Morgan fingerprint density at radius 1 is 0.479 bits per heavy atom. The molecular weight excluding hydrogens is 931 g/mol. The molecule has 0 spiro atoms. The SMILES string of the molecule is CCCCCCCCCCCCCCCCCCCCCCC/C=C/CC/C=C/CC/C=C/C(O)C(COC1OC(CO)C(OC2OC(CO)C(O)C(O)C2O)C(O)C1O)NC(=O)CCCCCCCCCC. The molecule has 2 aliphatic heterocycles. The number of aliphatic hydroxyl groups excluding tert-OH is 8. The molecule has 14 heteroatoms. The topological polar surface area (TPSA) is 228 Å². The largest absolute Gasteiger partial charge is 0.394 e. The van der Waals surface area contributed by atoms with Gasteiger partial charge in [0.05, 0.1) is 32.0 Å². The number of ether oxygens (including phenoxy) is 4. The van der Waals surface area contributed by atoms with Crippen molar-refractivity contribution in [3.63, 3.8) is 0 Å².